The molecular weight excluding hydrogens is 240 g/mol. The number of hydrogen-bond donors (Lipinski definition) is 2. The number of piperidine rings is 1. The SMILES string of the molecule is CCc1cnc(NCCCN2CCC[C@H](O)C2)nc1. The van der Waals surface area contributed by atoms with Gasteiger partial charge in [-0.1, -0.05) is 6.92 Å². The summed E-state index contributed by atoms with van der Waals surface area (Å²) in [4.78, 5) is 10.9. The van der Waals surface area contributed by atoms with Crippen LogP contribution in [0.15, 0.2) is 12.4 Å². The maximum absolute atomic E-state index is 9.59. The van der Waals surface area contributed by atoms with E-state index in [2.05, 4.69) is 27.1 Å². The molecule has 0 unspecified atom stereocenters. The van der Waals surface area contributed by atoms with Crippen molar-refractivity contribution in [2.24, 2.45) is 0 Å². The van der Waals surface area contributed by atoms with E-state index in [1.54, 1.807) is 0 Å². The Kier molecular flexibility index (Phi) is 5.54. The fourth-order valence-electron chi connectivity index (χ4n) is 2.37. The van der Waals surface area contributed by atoms with Gasteiger partial charge in [-0.15, -0.1) is 0 Å². The number of aliphatic hydroxyl groups excluding tert-OH is 1. The number of anilines is 1. The van der Waals surface area contributed by atoms with Crippen molar-refractivity contribution in [1.29, 1.82) is 0 Å². The zero-order valence-electron chi connectivity index (χ0n) is 11.7. The van der Waals surface area contributed by atoms with E-state index in [-0.39, 0.29) is 6.10 Å². The largest absolute Gasteiger partial charge is 0.392 e. The number of likely N-dealkylation sites (tertiary alicyclic amines) is 1. The Morgan fingerprint density at radius 3 is 2.89 bits per heavy atom. The van der Waals surface area contributed by atoms with Crippen molar-refractivity contribution in [2.45, 2.75) is 38.7 Å². The van der Waals surface area contributed by atoms with Crippen molar-refractivity contribution >= 4 is 5.95 Å². The second-order valence-corrected chi connectivity index (χ2v) is 5.15. The van der Waals surface area contributed by atoms with E-state index in [0.717, 1.165) is 57.4 Å². The summed E-state index contributed by atoms with van der Waals surface area (Å²) in [6, 6.07) is 0. The van der Waals surface area contributed by atoms with E-state index >= 15 is 0 Å². The Hall–Kier alpha value is -1.20. The predicted octanol–water partition coefficient (Wildman–Crippen LogP) is 1.30. The van der Waals surface area contributed by atoms with Gasteiger partial charge in [0.2, 0.25) is 5.95 Å². The van der Waals surface area contributed by atoms with Crippen LogP contribution in [0.1, 0.15) is 31.7 Å². The van der Waals surface area contributed by atoms with Gasteiger partial charge in [0.15, 0.2) is 0 Å². The van der Waals surface area contributed by atoms with Crippen molar-refractivity contribution in [3.63, 3.8) is 0 Å². The number of aliphatic hydroxyl groups is 1. The summed E-state index contributed by atoms with van der Waals surface area (Å²) in [6.07, 6.45) is 7.69. The Labute approximate surface area is 115 Å². The van der Waals surface area contributed by atoms with Crippen LogP contribution in [-0.2, 0) is 6.42 Å². The lowest BCUT2D eigenvalue weighted by Crippen LogP contribution is -2.39. The lowest BCUT2D eigenvalue weighted by atomic mass is 10.1. The van der Waals surface area contributed by atoms with Gasteiger partial charge in [-0.25, -0.2) is 9.97 Å². The zero-order valence-corrected chi connectivity index (χ0v) is 11.7. The number of aryl methyl sites for hydroxylation is 1. The first-order chi connectivity index (χ1) is 9.28. The second-order valence-electron chi connectivity index (χ2n) is 5.15. The van der Waals surface area contributed by atoms with Gasteiger partial charge >= 0.3 is 0 Å². The summed E-state index contributed by atoms with van der Waals surface area (Å²) < 4.78 is 0. The van der Waals surface area contributed by atoms with Crippen molar-refractivity contribution in [1.82, 2.24) is 14.9 Å². The van der Waals surface area contributed by atoms with Gasteiger partial charge in [-0.05, 0) is 44.3 Å². The molecule has 0 radical (unpaired) electrons. The predicted molar refractivity (Wildman–Crippen MR) is 76.2 cm³/mol. The molecule has 0 spiro atoms. The molecule has 1 saturated heterocycles. The first-order valence-corrected chi connectivity index (χ1v) is 7.23. The molecule has 5 nitrogen and oxygen atoms in total. The van der Waals surface area contributed by atoms with Gasteiger partial charge in [-0.2, -0.15) is 0 Å². The highest BCUT2D eigenvalue weighted by Crippen LogP contribution is 2.09. The lowest BCUT2D eigenvalue weighted by molar-refractivity contribution is 0.0706. The van der Waals surface area contributed by atoms with Crippen molar-refractivity contribution in [3.05, 3.63) is 18.0 Å². The molecule has 0 aliphatic carbocycles. The minimum atomic E-state index is -0.133. The smallest absolute Gasteiger partial charge is 0.222 e. The van der Waals surface area contributed by atoms with Gasteiger partial charge in [0.25, 0.3) is 0 Å². The van der Waals surface area contributed by atoms with Crippen molar-refractivity contribution in [3.8, 4) is 0 Å². The number of nitrogens with zero attached hydrogens (tertiary/aromatic N) is 3. The highest BCUT2D eigenvalue weighted by atomic mass is 16.3. The van der Waals surface area contributed by atoms with Crippen LogP contribution in [0.5, 0.6) is 0 Å². The van der Waals surface area contributed by atoms with Crippen LogP contribution in [-0.4, -0.2) is 52.3 Å². The van der Waals surface area contributed by atoms with Gasteiger partial charge in [0, 0.05) is 25.5 Å². The number of hydrogen-bond acceptors (Lipinski definition) is 5. The quantitative estimate of drug-likeness (QED) is 0.758. The third-order valence-electron chi connectivity index (χ3n) is 3.53. The van der Waals surface area contributed by atoms with Crippen molar-refractivity contribution in [2.75, 3.05) is 31.5 Å². The molecule has 1 atom stereocenters. The Morgan fingerprint density at radius 2 is 2.21 bits per heavy atom. The average molecular weight is 264 g/mol. The fraction of sp³-hybridized carbons (Fsp3) is 0.714. The standard InChI is InChI=1S/C14H24N4O/c1-2-12-9-16-14(17-10-12)15-6-4-8-18-7-3-5-13(19)11-18/h9-10,13,19H,2-8,11H2,1H3,(H,15,16,17)/t13-/m0/s1. The minimum Gasteiger partial charge on any atom is -0.392 e. The molecule has 2 heterocycles. The molecule has 0 amide bonds. The van der Waals surface area contributed by atoms with Crippen LogP contribution in [0.2, 0.25) is 0 Å². The second kappa shape index (κ2) is 7.40. The Morgan fingerprint density at radius 1 is 1.42 bits per heavy atom. The molecule has 0 aromatic carbocycles. The van der Waals surface area contributed by atoms with Crippen molar-refractivity contribution < 1.29 is 5.11 Å². The van der Waals surface area contributed by atoms with Gasteiger partial charge in [0.05, 0.1) is 6.10 Å². The summed E-state index contributed by atoms with van der Waals surface area (Å²) in [5, 5.41) is 12.8. The van der Waals surface area contributed by atoms with Crippen LogP contribution in [0.3, 0.4) is 0 Å². The van der Waals surface area contributed by atoms with Crippen LogP contribution in [0.4, 0.5) is 5.95 Å². The van der Waals surface area contributed by atoms with Gasteiger partial charge in [0.1, 0.15) is 0 Å². The minimum absolute atomic E-state index is 0.133. The number of aromatic nitrogens is 2. The monoisotopic (exact) mass is 264 g/mol. The fourth-order valence-corrected chi connectivity index (χ4v) is 2.37. The molecule has 2 rings (SSSR count). The molecule has 2 N–H and O–H groups in total. The summed E-state index contributed by atoms with van der Waals surface area (Å²) in [5.41, 5.74) is 1.16. The van der Waals surface area contributed by atoms with Gasteiger partial charge < -0.3 is 15.3 Å². The third kappa shape index (κ3) is 4.76. The van der Waals surface area contributed by atoms with Crippen LogP contribution in [0.25, 0.3) is 0 Å². The highest BCUT2D eigenvalue weighted by molar-refractivity contribution is 5.24. The third-order valence-corrected chi connectivity index (χ3v) is 3.53. The molecule has 1 aromatic heterocycles. The van der Waals surface area contributed by atoms with Crippen LogP contribution >= 0.6 is 0 Å². The Bertz CT molecular complexity index is 368. The number of nitrogens with one attached hydrogen (secondary N) is 1. The summed E-state index contributed by atoms with van der Waals surface area (Å²) in [6.45, 7) is 5.93. The molecule has 1 aromatic rings. The Balaban J connectivity index is 1.63. The normalized spacial score (nSPS) is 20.4. The van der Waals surface area contributed by atoms with Crippen LogP contribution < -0.4 is 5.32 Å². The van der Waals surface area contributed by atoms with E-state index in [4.69, 9.17) is 0 Å². The molecule has 5 heteroatoms. The van der Waals surface area contributed by atoms with Gasteiger partial charge in [-0.3, -0.25) is 0 Å². The number of rotatable bonds is 6. The molecule has 1 aliphatic heterocycles. The lowest BCUT2D eigenvalue weighted by Gasteiger charge is -2.29. The van der Waals surface area contributed by atoms with E-state index in [1.807, 2.05) is 12.4 Å². The number of β-amino-alcohol motifs (C(OH)–C–C–N with tert-alkyl or cyclic N) is 1. The first kappa shape index (κ1) is 14.2. The molecule has 19 heavy (non-hydrogen) atoms. The topological polar surface area (TPSA) is 61.3 Å². The molecule has 0 saturated carbocycles. The van der Waals surface area contributed by atoms with Crippen LogP contribution in [0, 0.1) is 0 Å². The van der Waals surface area contributed by atoms with E-state index in [9.17, 15) is 5.11 Å². The summed E-state index contributed by atoms with van der Waals surface area (Å²) in [5.74, 6) is 0.705. The summed E-state index contributed by atoms with van der Waals surface area (Å²) in [7, 11) is 0. The summed E-state index contributed by atoms with van der Waals surface area (Å²) >= 11 is 0. The molecule has 106 valence electrons. The maximum atomic E-state index is 9.59. The van der Waals surface area contributed by atoms with E-state index in [1.165, 1.54) is 0 Å². The van der Waals surface area contributed by atoms with E-state index in [0.29, 0.717) is 5.95 Å². The molecule has 0 bridgehead atoms. The first-order valence-electron chi connectivity index (χ1n) is 7.23. The average Bonchev–Trinajstić information content (AvgIpc) is 2.44. The molecule has 1 fully saturated rings. The maximum Gasteiger partial charge on any atom is 0.222 e. The molecular formula is C14H24N4O. The van der Waals surface area contributed by atoms with E-state index < -0.39 is 0 Å². The zero-order chi connectivity index (χ0) is 13.5. The highest BCUT2D eigenvalue weighted by Gasteiger charge is 2.16. The molecule has 1 aliphatic rings.